The van der Waals surface area contributed by atoms with Gasteiger partial charge in [-0.1, -0.05) is 47.7 Å². The van der Waals surface area contributed by atoms with Crippen molar-refractivity contribution in [3.05, 3.63) is 77.1 Å². The molecule has 1 aromatic heterocycles. The number of amides is 1. The molecule has 6 nitrogen and oxygen atoms in total. The largest absolute Gasteiger partial charge is 0.396 e. The van der Waals surface area contributed by atoms with Crippen LogP contribution in [0.15, 0.2) is 54.6 Å². The van der Waals surface area contributed by atoms with Crippen LogP contribution < -0.4 is 5.32 Å². The zero-order valence-electron chi connectivity index (χ0n) is 14.0. The monoisotopic (exact) mass is 336 g/mol. The summed E-state index contributed by atoms with van der Waals surface area (Å²) in [6.45, 7) is 2.51. The summed E-state index contributed by atoms with van der Waals surface area (Å²) < 4.78 is 1.72. The molecule has 1 amide bonds. The number of anilines is 1. The second-order valence-corrected chi connectivity index (χ2v) is 5.79. The van der Waals surface area contributed by atoms with E-state index in [0.717, 1.165) is 16.8 Å². The van der Waals surface area contributed by atoms with Gasteiger partial charge >= 0.3 is 0 Å². The molecule has 3 aromatic rings. The molecule has 0 bridgehead atoms. The lowest BCUT2D eigenvalue weighted by atomic mass is 10.1. The summed E-state index contributed by atoms with van der Waals surface area (Å²) in [5.74, 6) is -0.285. The van der Waals surface area contributed by atoms with Crippen LogP contribution in [0.3, 0.4) is 0 Å². The molecule has 25 heavy (non-hydrogen) atoms. The Hall–Kier alpha value is -2.99. The Labute approximate surface area is 146 Å². The predicted octanol–water partition coefficient (Wildman–Crippen LogP) is 2.42. The highest BCUT2D eigenvalue weighted by atomic mass is 16.3. The van der Waals surface area contributed by atoms with Gasteiger partial charge in [-0.25, -0.2) is 4.68 Å². The van der Waals surface area contributed by atoms with Crippen molar-refractivity contribution in [3.63, 3.8) is 0 Å². The molecule has 2 N–H and O–H groups in total. The van der Waals surface area contributed by atoms with Crippen molar-refractivity contribution >= 4 is 11.6 Å². The fourth-order valence-corrected chi connectivity index (χ4v) is 2.55. The minimum Gasteiger partial charge on any atom is -0.396 e. The quantitative estimate of drug-likeness (QED) is 0.724. The molecule has 0 atom stereocenters. The average Bonchev–Trinajstić information content (AvgIpc) is 2.98. The van der Waals surface area contributed by atoms with E-state index >= 15 is 0 Å². The number of hydrogen-bond donors (Lipinski definition) is 2. The number of carbonyl (C=O) groups is 1. The van der Waals surface area contributed by atoms with Gasteiger partial charge in [0, 0.05) is 12.3 Å². The number of rotatable bonds is 6. The van der Waals surface area contributed by atoms with Gasteiger partial charge in [0.2, 0.25) is 0 Å². The number of nitrogens with zero attached hydrogens (tertiary/aromatic N) is 3. The maximum absolute atomic E-state index is 12.4. The van der Waals surface area contributed by atoms with Gasteiger partial charge in [0.1, 0.15) is 0 Å². The molecule has 2 aromatic carbocycles. The maximum atomic E-state index is 12.4. The minimum atomic E-state index is -0.285. The Balaban J connectivity index is 1.70. The van der Waals surface area contributed by atoms with Crippen LogP contribution >= 0.6 is 0 Å². The van der Waals surface area contributed by atoms with E-state index in [9.17, 15) is 4.79 Å². The highest BCUT2D eigenvalue weighted by Crippen LogP contribution is 2.13. The van der Waals surface area contributed by atoms with Crippen LogP contribution in [-0.2, 0) is 13.0 Å². The second kappa shape index (κ2) is 7.72. The molecule has 0 saturated carbocycles. The Bertz CT molecular complexity index is 842. The van der Waals surface area contributed by atoms with Crippen LogP contribution in [-0.4, -0.2) is 32.6 Å². The summed E-state index contributed by atoms with van der Waals surface area (Å²) >= 11 is 0. The fourth-order valence-electron chi connectivity index (χ4n) is 2.55. The average molecular weight is 336 g/mol. The van der Waals surface area contributed by atoms with Gasteiger partial charge in [-0.3, -0.25) is 4.79 Å². The van der Waals surface area contributed by atoms with Gasteiger partial charge in [0.15, 0.2) is 5.69 Å². The third-order valence-corrected chi connectivity index (χ3v) is 3.99. The van der Waals surface area contributed by atoms with Gasteiger partial charge in [0.25, 0.3) is 5.91 Å². The molecule has 0 spiro atoms. The molecule has 3 rings (SSSR count). The van der Waals surface area contributed by atoms with Crippen molar-refractivity contribution in [2.75, 3.05) is 11.9 Å². The molecular formula is C19H20N4O2. The number of nitrogens with one attached hydrogen (secondary N) is 1. The zero-order valence-corrected chi connectivity index (χ0v) is 14.0. The molecule has 0 aliphatic rings. The van der Waals surface area contributed by atoms with Crippen LogP contribution in [0, 0.1) is 6.92 Å². The topological polar surface area (TPSA) is 80.0 Å². The fraction of sp³-hybridized carbons (Fsp3) is 0.211. The van der Waals surface area contributed by atoms with Crippen molar-refractivity contribution in [2.24, 2.45) is 0 Å². The standard InChI is InChI=1S/C19H20N4O2/c1-14-18(21-22-23(14)13-16-5-3-2-4-6-16)19(25)20-17-9-7-15(8-10-17)11-12-24/h2-10,24H,11-13H2,1H3,(H,20,25). The molecule has 0 radical (unpaired) electrons. The SMILES string of the molecule is Cc1c(C(=O)Nc2ccc(CCO)cc2)nnn1Cc1ccccc1. The summed E-state index contributed by atoms with van der Waals surface area (Å²) in [7, 11) is 0. The van der Waals surface area contributed by atoms with Gasteiger partial charge in [0.05, 0.1) is 12.2 Å². The summed E-state index contributed by atoms with van der Waals surface area (Å²) in [6.07, 6.45) is 0.598. The van der Waals surface area contributed by atoms with Crippen LogP contribution in [0.2, 0.25) is 0 Å². The first-order valence-electron chi connectivity index (χ1n) is 8.12. The number of aliphatic hydroxyl groups is 1. The zero-order chi connectivity index (χ0) is 17.6. The Morgan fingerprint density at radius 3 is 2.48 bits per heavy atom. The number of aliphatic hydroxyl groups excluding tert-OH is 1. The Kier molecular flexibility index (Phi) is 5.20. The number of benzene rings is 2. The van der Waals surface area contributed by atoms with E-state index in [2.05, 4.69) is 15.6 Å². The Morgan fingerprint density at radius 1 is 1.08 bits per heavy atom. The molecule has 6 heteroatoms. The summed E-state index contributed by atoms with van der Waals surface area (Å²) in [4.78, 5) is 12.4. The van der Waals surface area contributed by atoms with Crippen molar-refractivity contribution in [1.29, 1.82) is 0 Å². The summed E-state index contributed by atoms with van der Waals surface area (Å²) in [5, 5.41) is 19.9. The first kappa shape index (κ1) is 16.9. The molecule has 128 valence electrons. The van der Waals surface area contributed by atoms with Crippen LogP contribution in [0.25, 0.3) is 0 Å². The number of aromatic nitrogens is 3. The number of hydrogen-bond acceptors (Lipinski definition) is 4. The first-order valence-corrected chi connectivity index (χ1v) is 8.12. The molecule has 0 unspecified atom stereocenters. The van der Waals surface area contributed by atoms with E-state index in [0.29, 0.717) is 24.3 Å². The molecular weight excluding hydrogens is 316 g/mol. The Morgan fingerprint density at radius 2 is 1.80 bits per heavy atom. The van der Waals surface area contributed by atoms with Gasteiger partial charge in [-0.2, -0.15) is 0 Å². The second-order valence-electron chi connectivity index (χ2n) is 5.79. The van der Waals surface area contributed by atoms with Gasteiger partial charge in [-0.05, 0) is 36.6 Å². The van der Waals surface area contributed by atoms with Gasteiger partial charge < -0.3 is 10.4 Å². The van der Waals surface area contributed by atoms with E-state index in [4.69, 9.17) is 5.11 Å². The van der Waals surface area contributed by atoms with E-state index in [1.54, 1.807) is 4.68 Å². The van der Waals surface area contributed by atoms with Crippen LogP contribution in [0.4, 0.5) is 5.69 Å². The highest BCUT2D eigenvalue weighted by Gasteiger charge is 2.16. The molecule has 0 aliphatic carbocycles. The number of carbonyl (C=O) groups excluding carboxylic acids is 1. The molecule has 0 saturated heterocycles. The van der Waals surface area contributed by atoms with E-state index < -0.39 is 0 Å². The lowest BCUT2D eigenvalue weighted by Crippen LogP contribution is -2.14. The van der Waals surface area contributed by atoms with E-state index in [1.165, 1.54) is 0 Å². The molecule has 0 aliphatic heterocycles. The van der Waals surface area contributed by atoms with E-state index in [-0.39, 0.29) is 12.5 Å². The molecule has 0 fully saturated rings. The first-order chi connectivity index (χ1) is 12.2. The normalized spacial score (nSPS) is 10.6. The van der Waals surface area contributed by atoms with Crippen molar-refractivity contribution in [3.8, 4) is 0 Å². The van der Waals surface area contributed by atoms with Crippen molar-refractivity contribution < 1.29 is 9.90 Å². The predicted molar refractivity (Wildman–Crippen MR) is 95.5 cm³/mol. The third-order valence-electron chi connectivity index (χ3n) is 3.99. The van der Waals surface area contributed by atoms with Crippen molar-refractivity contribution in [1.82, 2.24) is 15.0 Å². The molecule has 1 heterocycles. The van der Waals surface area contributed by atoms with Gasteiger partial charge in [-0.15, -0.1) is 5.10 Å². The van der Waals surface area contributed by atoms with Crippen LogP contribution in [0.5, 0.6) is 0 Å². The highest BCUT2D eigenvalue weighted by molar-refractivity contribution is 6.03. The minimum absolute atomic E-state index is 0.107. The third kappa shape index (κ3) is 4.10. The lowest BCUT2D eigenvalue weighted by Gasteiger charge is -2.06. The van der Waals surface area contributed by atoms with E-state index in [1.807, 2.05) is 61.5 Å². The van der Waals surface area contributed by atoms with Crippen LogP contribution in [0.1, 0.15) is 27.3 Å². The van der Waals surface area contributed by atoms with Crippen molar-refractivity contribution in [2.45, 2.75) is 19.9 Å². The summed E-state index contributed by atoms with van der Waals surface area (Å²) in [6, 6.07) is 17.3. The maximum Gasteiger partial charge on any atom is 0.278 e. The lowest BCUT2D eigenvalue weighted by molar-refractivity contribution is 0.102. The summed E-state index contributed by atoms with van der Waals surface area (Å²) in [5.41, 5.74) is 3.84. The smallest absolute Gasteiger partial charge is 0.278 e.